The Balaban J connectivity index is 2.34. The van der Waals surface area contributed by atoms with Crippen molar-refractivity contribution < 1.29 is 13.2 Å². The van der Waals surface area contributed by atoms with Gasteiger partial charge in [0.1, 0.15) is 0 Å². The van der Waals surface area contributed by atoms with Gasteiger partial charge in [-0.2, -0.15) is 13.2 Å². The van der Waals surface area contributed by atoms with Crippen molar-refractivity contribution in [2.75, 3.05) is 0 Å². The van der Waals surface area contributed by atoms with Crippen LogP contribution in [-0.2, 0) is 5.41 Å². The van der Waals surface area contributed by atoms with Crippen LogP contribution in [0.4, 0.5) is 13.2 Å². The van der Waals surface area contributed by atoms with E-state index in [0.717, 1.165) is 5.56 Å². The third-order valence-electron chi connectivity index (χ3n) is 2.99. The molecule has 1 aliphatic rings. The molecule has 1 fully saturated rings. The first-order chi connectivity index (χ1) is 6.99. The standard InChI is InChI=1S/C12H11F3/c1-2-9-3-5-10(6-4-9)11(7-8-11)12(13,14)15/h2-6H,1,7-8H2. The number of hydrogen-bond donors (Lipinski definition) is 0. The first kappa shape index (κ1) is 10.3. The van der Waals surface area contributed by atoms with Gasteiger partial charge in [-0.05, 0) is 24.0 Å². The molecule has 0 bridgehead atoms. The highest BCUT2D eigenvalue weighted by molar-refractivity contribution is 5.49. The van der Waals surface area contributed by atoms with E-state index >= 15 is 0 Å². The maximum atomic E-state index is 12.7. The zero-order chi connectivity index (χ0) is 11.1. The molecule has 0 amide bonds. The van der Waals surface area contributed by atoms with Crippen molar-refractivity contribution in [3.63, 3.8) is 0 Å². The van der Waals surface area contributed by atoms with Crippen molar-refractivity contribution >= 4 is 6.08 Å². The van der Waals surface area contributed by atoms with Gasteiger partial charge in [0, 0.05) is 0 Å². The molecule has 3 heteroatoms. The second kappa shape index (κ2) is 3.12. The summed E-state index contributed by atoms with van der Waals surface area (Å²) in [4.78, 5) is 0. The van der Waals surface area contributed by atoms with Crippen LogP contribution in [0.2, 0.25) is 0 Å². The van der Waals surface area contributed by atoms with E-state index in [-0.39, 0.29) is 12.8 Å². The largest absolute Gasteiger partial charge is 0.398 e. The van der Waals surface area contributed by atoms with Gasteiger partial charge >= 0.3 is 6.18 Å². The fourth-order valence-corrected chi connectivity index (χ4v) is 1.80. The number of benzene rings is 1. The lowest BCUT2D eigenvalue weighted by molar-refractivity contribution is -0.160. The summed E-state index contributed by atoms with van der Waals surface area (Å²) in [5.41, 5.74) is -0.343. The molecular weight excluding hydrogens is 201 g/mol. The second-order valence-corrected chi connectivity index (χ2v) is 3.91. The predicted molar refractivity (Wildman–Crippen MR) is 53.5 cm³/mol. The quantitative estimate of drug-likeness (QED) is 0.696. The third-order valence-corrected chi connectivity index (χ3v) is 2.99. The smallest absolute Gasteiger partial charge is 0.170 e. The maximum Gasteiger partial charge on any atom is 0.398 e. The molecule has 1 aliphatic carbocycles. The molecule has 0 saturated heterocycles. The first-order valence-corrected chi connectivity index (χ1v) is 4.79. The van der Waals surface area contributed by atoms with Gasteiger partial charge in [-0.3, -0.25) is 0 Å². The lowest BCUT2D eigenvalue weighted by Crippen LogP contribution is -2.28. The molecule has 1 saturated carbocycles. The highest BCUT2D eigenvalue weighted by Crippen LogP contribution is 2.58. The molecule has 0 unspecified atom stereocenters. The van der Waals surface area contributed by atoms with E-state index in [1.54, 1.807) is 30.3 Å². The van der Waals surface area contributed by atoms with Crippen LogP contribution in [0.15, 0.2) is 30.8 Å². The van der Waals surface area contributed by atoms with Gasteiger partial charge in [-0.25, -0.2) is 0 Å². The molecule has 0 spiro atoms. The molecule has 0 aromatic heterocycles. The Hall–Kier alpha value is -1.25. The summed E-state index contributed by atoms with van der Waals surface area (Å²) < 4.78 is 38.2. The van der Waals surface area contributed by atoms with Crippen LogP contribution in [0.1, 0.15) is 24.0 Å². The van der Waals surface area contributed by atoms with Crippen LogP contribution < -0.4 is 0 Å². The monoisotopic (exact) mass is 212 g/mol. The highest BCUT2D eigenvalue weighted by atomic mass is 19.4. The Morgan fingerprint density at radius 1 is 1.13 bits per heavy atom. The average molecular weight is 212 g/mol. The predicted octanol–water partition coefficient (Wildman–Crippen LogP) is 3.92. The van der Waals surface area contributed by atoms with Crippen LogP contribution in [0.25, 0.3) is 6.08 Å². The number of halogens is 3. The van der Waals surface area contributed by atoms with Crippen LogP contribution in [0, 0.1) is 0 Å². The fraction of sp³-hybridized carbons (Fsp3) is 0.333. The van der Waals surface area contributed by atoms with E-state index in [1.165, 1.54) is 0 Å². The van der Waals surface area contributed by atoms with E-state index in [4.69, 9.17) is 0 Å². The molecule has 0 heterocycles. The summed E-state index contributed by atoms with van der Waals surface area (Å²) in [7, 11) is 0. The molecule has 0 atom stereocenters. The van der Waals surface area contributed by atoms with Gasteiger partial charge in [0.2, 0.25) is 0 Å². The van der Waals surface area contributed by atoms with Crippen LogP contribution in [0.5, 0.6) is 0 Å². The Kier molecular flexibility index (Phi) is 2.14. The molecule has 80 valence electrons. The molecule has 1 aromatic rings. The lowest BCUT2D eigenvalue weighted by atomic mass is 9.94. The fourth-order valence-electron chi connectivity index (χ4n) is 1.80. The Morgan fingerprint density at radius 2 is 1.67 bits per heavy atom. The van der Waals surface area contributed by atoms with E-state index in [9.17, 15) is 13.2 Å². The summed E-state index contributed by atoms with van der Waals surface area (Å²) in [5.74, 6) is 0. The van der Waals surface area contributed by atoms with Gasteiger partial charge in [0.15, 0.2) is 0 Å². The Morgan fingerprint density at radius 3 is 2.00 bits per heavy atom. The van der Waals surface area contributed by atoms with Gasteiger partial charge in [0.05, 0.1) is 5.41 Å². The van der Waals surface area contributed by atoms with Crippen molar-refractivity contribution in [3.05, 3.63) is 42.0 Å². The number of rotatable bonds is 2. The van der Waals surface area contributed by atoms with Crippen molar-refractivity contribution in [3.8, 4) is 0 Å². The van der Waals surface area contributed by atoms with Gasteiger partial charge in [-0.15, -0.1) is 0 Å². The Bertz CT molecular complexity index is 369. The number of hydrogen-bond acceptors (Lipinski definition) is 0. The topological polar surface area (TPSA) is 0 Å². The molecule has 0 radical (unpaired) electrons. The first-order valence-electron chi connectivity index (χ1n) is 4.79. The minimum atomic E-state index is -4.12. The molecule has 1 aromatic carbocycles. The maximum absolute atomic E-state index is 12.7. The number of alkyl halides is 3. The zero-order valence-electron chi connectivity index (χ0n) is 8.14. The third kappa shape index (κ3) is 1.56. The summed E-state index contributed by atoms with van der Waals surface area (Å²) >= 11 is 0. The van der Waals surface area contributed by atoms with Gasteiger partial charge in [-0.1, -0.05) is 36.9 Å². The van der Waals surface area contributed by atoms with Gasteiger partial charge < -0.3 is 0 Å². The van der Waals surface area contributed by atoms with Crippen molar-refractivity contribution in [2.45, 2.75) is 24.4 Å². The molecule has 0 N–H and O–H groups in total. The van der Waals surface area contributed by atoms with Crippen molar-refractivity contribution in [1.29, 1.82) is 0 Å². The average Bonchev–Trinajstić information content (AvgIpc) is 2.98. The summed E-state index contributed by atoms with van der Waals surface area (Å²) in [6.45, 7) is 3.56. The van der Waals surface area contributed by atoms with Crippen LogP contribution in [-0.4, -0.2) is 6.18 Å². The van der Waals surface area contributed by atoms with Gasteiger partial charge in [0.25, 0.3) is 0 Å². The summed E-state index contributed by atoms with van der Waals surface area (Å²) in [6, 6.07) is 6.46. The lowest BCUT2D eigenvalue weighted by Gasteiger charge is -2.19. The highest BCUT2D eigenvalue weighted by Gasteiger charge is 2.64. The molecule has 2 rings (SSSR count). The SMILES string of the molecule is C=Cc1ccc(C2(C(F)(F)F)CC2)cc1. The minimum Gasteiger partial charge on any atom is -0.170 e. The summed E-state index contributed by atoms with van der Waals surface area (Å²) in [5, 5.41) is 0. The van der Waals surface area contributed by atoms with E-state index in [1.807, 2.05) is 0 Å². The second-order valence-electron chi connectivity index (χ2n) is 3.91. The zero-order valence-corrected chi connectivity index (χ0v) is 8.14. The van der Waals surface area contributed by atoms with Crippen LogP contribution >= 0.6 is 0 Å². The molecule has 0 aliphatic heterocycles. The van der Waals surface area contributed by atoms with E-state index < -0.39 is 11.6 Å². The summed E-state index contributed by atoms with van der Waals surface area (Å²) in [6.07, 6.45) is -2.08. The van der Waals surface area contributed by atoms with Crippen LogP contribution in [0.3, 0.4) is 0 Å². The van der Waals surface area contributed by atoms with Crippen molar-refractivity contribution in [2.24, 2.45) is 0 Å². The molecule has 0 nitrogen and oxygen atoms in total. The minimum absolute atomic E-state index is 0.212. The van der Waals surface area contributed by atoms with E-state index in [2.05, 4.69) is 6.58 Å². The molecule has 15 heavy (non-hydrogen) atoms. The normalized spacial score (nSPS) is 18.6. The van der Waals surface area contributed by atoms with Crippen molar-refractivity contribution in [1.82, 2.24) is 0 Å². The van der Waals surface area contributed by atoms with E-state index in [0.29, 0.717) is 5.56 Å². The Labute approximate surface area is 86.4 Å². The molecular formula is C12H11F3.